The Labute approximate surface area is 383 Å². The molecule has 0 saturated heterocycles. The summed E-state index contributed by atoms with van der Waals surface area (Å²) in [6.45, 7) is 15.7. The van der Waals surface area contributed by atoms with E-state index in [0.29, 0.717) is 5.92 Å². The molecular weight excluding hydrogens is 997 g/mol. The molecule has 0 unspecified atom stereocenters. The number of pyridine rings is 2. The molecule has 0 N–H and O–H groups in total. The monoisotopic (exact) mass is 1060 g/mol. The number of hydrogen-bond acceptors (Lipinski definition) is 4. The second kappa shape index (κ2) is 18.7. The first-order valence-electron chi connectivity index (χ1n) is 21.7. The number of furan rings is 1. The van der Waals surface area contributed by atoms with Gasteiger partial charge in [0, 0.05) is 37.4 Å². The molecule has 1 radical (unpaired) electrons. The molecule has 4 heterocycles. The fraction of sp³-hybridized carbons (Fsp3) is 0.255. The molecule has 9 rings (SSSR count). The van der Waals surface area contributed by atoms with E-state index in [9.17, 15) is 0 Å². The van der Waals surface area contributed by atoms with E-state index in [-0.39, 0.29) is 31.9 Å². The van der Waals surface area contributed by atoms with Gasteiger partial charge in [-0.2, -0.15) is 0 Å². The number of rotatable bonds is 9. The molecule has 9 aromatic rings. The molecule has 0 aliphatic heterocycles. The number of aromatic nitrogens is 4. The molecule has 0 amide bonds. The van der Waals surface area contributed by atoms with Crippen LogP contribution in [0.5, 0.6) is 0 Å². The summed E-state index contributed by atoms with van der Waals surface area (Å²) in [6.07, 6.45) is 5.15. The predicted octanol–water partition coefficient (Wildman–Crippen LogP) is 14.3. The minimum absolute atomic E-state index is 0. The normalized spacial score (nSPS) is 11.8. The van der Waals surface area contributed by atoms with Crippen LogP contribution in [0.1, 0.15) is 75.6 Å². The zero-order valence-electron chi connectivity index (χ0n) is 37.6. The Morgan fingerprint density at radius 1 is 0.710 bits per heavy atom. The molecule has 0 aliphatic carbocycles. The van der Waals surface area contributed by atoms with Crippen molar-refractivity contribution in [3.8, 4) is 39.5 Å². The first-order chi connectivity index (χ1) is 29.3. The van der Waals surface area contributed by atoms with Crippen molar-refractivity contribution in [3.63, 3.8) is 0 Å². The SMILES string of the molecule is CC(C)Cc1cc(-c2[c-]cccc2)nc[c]1[Ge]([CH3])([CH3])[CH3].Cc1ccnc2c1nc(-c1[c-]ccc3c1oc1ccccc13)n2-c1c(C(C)C)cc(-c2ccccc2)cc1C(C)C.[Ir]. The van der Waals surface area contributed by atoms with E-state index in [1.54, 1.807) is 4.40 Å². The van der Waals surface area contributed by atoms with Gasteiger partial charge in [0.25, 0.3) is 0 Å². The topological polar surface area (TPSA) is 56.7 Å². The largest absolute Gasteiger partial charge is 0.501 e. The van der Waals surface area contributed by atoms with Crippen LogP contribution in [-0.2, 0) is 26.5 Å². The molecule has 7 heteroatoms. The smallest absolute Gasteiger partial charge is 0.155 e. The van der Waals surface area contributed by atoms with Crippen LogP contribution in [-0.4, -0.2) is 32.8 Å². The van der Waals surface area contributed by atoms with E-state index in [2.05, 4.69) is 155 Å². The quantitative estimate of drug-likeness (QED) is 0.107. The summed E-state index contributed by atoms with van der Waals surface area (Å²) in [4.78, 5) is 14.9. The summed E-state index contributed by atoms with van der Waals surface area (Å²) in [6, 6.07) is 46.8. The van der Waals surface area contributed by atoms with Crippen LogP contribution in [0.2, 0.25) is 17.3 Å². The van der Waals surface area contributed by atoms with Crippen LogP contribution in [0.4, 0.5) is 0 Å². The van der Waals surface area contributed by atoms with Crippen LogP contribution in [0, 0.1) is 25.0 Å². The maximum atomic E-state index is 6.48. The Kier molecular flexibility index (Phi) is 13.5. The van der Waals surface area contributed by atoms with Gasteiger partial charge in [0.15, 0.2) is 5.65 Å². The Hall–Kier alpha value is -5.14. The molecule has 4 aromatic heterocycles. The predicted molar refractivity (Wildman–Crippen MR) is 259 cm³/mol. The van der Waals surface area contributed by atoms with Gasteiger partial charge in [-0.1, -0.05) is 87.2 Å². The summed E-state index contributed by atoms with van der Waals surface area (Å²) >= 11 is -1.86. The number of benzene rings is 5. The molecule has 0 atom stereocenters. The van der Waals surface area contributed by atoms with E-state index in [4.69, 9.17) is 19.4 Å². The molecule has 0 bridgehead atoms. The standard InChI is InChI=1S/C37H32N3O.C18H24GeN.Ir/c1-22(2)30-20-26(25-12-7-6-8-13-25)21-31(23(3)4)34(30)40-36(39-33-24(5)18-19-38-37(33)40)29-16-11-15-28-27-14-9-10-17-32(27)41-35(28)29;1-14(2)11-16-12-18(15-9-7-6-8-10-15)20-13-17(16)19(3,4)5;/h6-15,17-23H,1-5H3;6-9,12-14H,11H2,1-5H3;/q2*-1;. The fourth-order valence-corrected chi connectivity index (χ4v) is 11.8. The fourth-order valence-electron chi connectivity index (χ4n) is 8.43. The van der Waals surface area contributed by atoms with Gasteiger partial charge in [0.1, 0.15) is 5.58 Å². The summed E-state index contributed by atoms with van der Waals surface area (Å²) in [5, 5.41) is 2.15. The van der Waals surface area contributed by atoms with Crippen LogP contribution in [0.3, 0.4) is 0 Å². The van der Waals surface area contributed by atoms with Crippen LogP contribution in [0.15, 0.2) is 132 Å². The third-order valence-corrected chi connectivity index (χ3v) is 15.8. The minimum Gasteiger partial charge on any atom is -0.501 e. The van der Waals surface area contributed by atoms with Gasteiger partial charge in [-0.15, -0.1) is 18.2 Å². The Balaban J connectivity index is 0.000000233. The maximum Gasteiger partial charge on any atom is 0.155 e. The van der Waals surface area contributed by atoms with Crippen molar-refractivity contribution in [3.05, 3.63) is 162 Å². The van der Waals surface area contributed by atoms with E-state index in [1.165, 1.54) is 27.8 Å². The maximum absolute atomic E-state index is 6.48. The first-order valence-corrected chi connectivity index (χ1v) is 29.0. The second-order valence-corrected chi connectivity index (χ2v) is 28.9. The van der Waals surface area contributed by atoms with Crippen molar-refractivity contribution in [2.45, 2.75) is 84.0 Å². The Morgan fingerprint density at radius 2 is 1.40 bits per heavy atom. The van der Waals surface area contributed by atoms with Gasteiger partial charge in [-0.25, -0.2) is 4.98 Å². The van der Waals surface area contributed by atoms with Crippen molar-refractivity contribution >= 4 is 50.8 Å². The number of hydrogen-bond donors (Lipinski definition) is 0. The Morgan fingerprint density at radius 3 is 2.06 bits per heavy atom. The van der Waals surface area contributed by atoms with Gasteiger partial charge in [-0.3, -0.25) is 4.98 Å². The third kappa shape index (κ3) is 9.02. The van der Waals surface area contributed by atoms with E-state index in [1.807, 2.05) is 54.7 Å². The average Bonchev–Trinajstić information content (AvgIpc) is 3.83. The molecular formula is C55H56GeIrN4O-2. The molecule has 62 heavy (non-hydrogen) atoms. The summed E-state index contributed by atoms with van der Waals surface area (Å²) in [5.41, 5.74) is 15.1. The van der Waals surface area contributed by atoms with E-state index in [0.717, 1.165) is 73.4 Å². The van der Waals surface area contributed by atoms with Crippen molar-refractivity contribution in [1.82, 2.24) is 19.5 Å². The molecule has 0 fully saturated rings. The Bertz CT molecular complexity index is 2950. The molecule has 0 spiro atoms. The second-order valence-electron chi connectivity index (χ2n) is 18.3. The number of aryl methyl sites for hydroxylation is 1. The summed E-state index contributed by atoms with van der Waals surface area (Å²) in [5.74, 6) is 9.33. The van der Waals surface area contributed by atoms with Gasteiger partial charge in [0.05, 0.1) is 16.9 Å². The van der Waals surface area contributed by atoms with Gasteiger partial charge in [0.2, 0.25) is 0 Å². The summed E-state index contributed by atoms with van der Waals surface area (Å²) in [7, 11) is 0. The number of nitrogens with zero attached hydrogens (tertiary/aromatic N) is 4. The first kappa shape index (κ1) is 44.9. The van der Waals surface area contributed by atoms with Gasteiger partial charge >= 0.3 is 126 Å². The zero-order chi connectivity index (χ0) is 43.0. The average molecular weight is 1050 g/mol. The molecule has 5 nitrogen and oxygen atoms in total. The molecule has 317 valence electrons. The minimum atomic E-state index is -1.86. The number of para-hydroxylation sites is 1. The molecule has 0 aliphatic rings. The summed E-state index contributed by atoms with van der Waals surface area (Å²) < 4.78 is 10.3. The van der Waals surface area contributed by atoms with E-state index >= 15 is 0 Å². The third-order valence-electron chi connectivity index (χ3n) is 11.5. The van der Waals surface area contributed by atoms with Crippen molar-refractivity contribution < 1.29 is 24.5 Å². The van der Waals surface area contributed by atoms with Crippen LogP contribution >= 0.6 is 0 Å². The number of fused-ring (bicyclic) bond motifs is 4. The van der Waals surface area contributed by atoms with Crippen molar-refractivity contribution in [2.24, 2.45) is 5.92 Å². The molecule has 5 aromatic carbocycles. The van der Waals surface area contributed by atoms with Crippen LogP contribution < -0.4 is 4.40 Å². The van der Waals surface area contributed by atoms with Crippen molar-refractivity contribution in [1.29, 1.82) is 0 Å². The number of imidazole rings is 1. The zero-order valence-corrected chi connectivity index (χ0v) is 42.1. The molecule has 0 saturated carbocycles. The van der Waals surface area contributed by atoms with Gasteiger partial charge in [-0.05, 0) is 70.8 Å². The van der Waals surface area contributed by atoms with Crippen molar-refractivity contribution in [2.75, 3.05) is 0 Å². The van der Waals surface area contributed by atoms with Gasteiger partial charge < -0.3 is 8.98 Å². The van der Waals surface area contributed by atoms with E-state index < -0.39 is 13.3 Å². The van der Waals surface area contributed by atoms with Crippen LogP contribution in [0.25, 0.3) is 72.6 Å².